The molecule has 0 radical (unpaired) electrons. The molecule has 1 fully saturated rings. The predicted octanol–water partition coefficient (Wildman–Crippen LogP) is 3.29. The number of piperidine rings is 1. The summed E-state index contributed by atoms with van der Waals surface area (Å²) >= 11 is 0. The average molecular weight is 350 g/mol. The molecule has 0 atom stereocenters. The zero-order valence-corrected chi connectivity index (χ0v) is 16.0. The standard InChI is InChI=1S/C21H26N4O/c1-14-11-16(19-5-6-20(26)24(4)15(19)2)12-17-13-25(22-21(14)17)18-7-9-23(3)10-8-18/h5-6,11-13,18H,7-10H2,1-4H3. The third-order valence-electron chi connectivity index (χ3n) is 5.81. The van der Waals surface area contributed by atoms with E-state index in [1.165, 1.54) is 10.9 Å². The van der Waals surface area contributed by atoms with Crippen LogP contribution < -0.4 is 5.56 Å². The molecule has 4 rings (SSSR count). The Balaban J connectivity index is 1.77. The van der Waals surface area contributed by atoms with Gasteiger partial charge < -0.3 is 9.47 Å². The van der Waals surface area contributed by atoms with Gasteiger partial charge >= 0.3 is 0 Å². The molecule has 26 heavy (non-hydrogen) atoms. The van der Waals surface area contributed by atoms with E-state index in [0.29, 0.717) is 6.04 Å². The van der Waals surface area contributed by atoms with Crippen LogP contribution in [-0.4, -0.2) is 39.4 Å². The van der Waals surface area contributed by atoms with Crippen LogP contribution in [0, 0.1) is 13.8 Å². The molecule has 0 N–H and O–H groups in total. The summed E-state index contributed by atoms with van der Waals surface area (Å²) in [4.78, 5) is 14.2. The lowest BCUT2D eigenvalue weighted by molar-refractivity contribution is 0.213. The number of hydrogen-bond acceptors (Lipinski definition) is 3. The van der Waals surface area contributed by atoms with Crippen LogP contribution in [0.1, 0.15) is 30.1 Å². The van der Waals surface area contributed by atoms with E-state index < -0.39 is 0 Å². The number of fused-ring (bicyclic) bond motifs is 1. The van der Waals surface area contributed by atoms with Gasteiger partial charge in [-0.15, -0.1) is 0 Å². The monoisotopic (exact) mass is 350 g/mol. The number of aromatic nitrogens is 3. The Morgan fingerprint density at radius 1 is 1.08 bits per heavy atom. The molecule has 3 aromatic rings. The van der Waals surface area contributed by atoms with E-state index in [1.807, 2.05) is 20.0 Å². The van der Waals surface area contributed by atoms with Crippen LogP contribution in [0.4, 0.5) is 0 Å². The van der Waals surface area contributed by atoms with E-state index in [-0.39, 0.29) is 5.56 Å². The minimum absolute atomic E-state index is 0.0270. The maximum atomic E-state index is 11.9. The molecule has 5 nitrogen and oxygen atoms in total. The van der Waals surface area contributed by atoms with Crippen molar-refractivity contribution in [3.8, 4) is 11.1 Å². The molecule has 0 aliphatic carbocycles. The van der Waals surface area contributed by atoms with Crippen LogP contribution in [0.5, 0.6) is 0 Å². The largest absolute Gasteiger partial charge is 0.315 e. The van der Waals surface area contributed by atoms with Crippen molar-refractivity contribution in [2.75, 3.05) is 20.1 Å². The third-order valence-corrected chi connectivity index (χ3v) is 5.81. The topological polar surface area (TPSA) is 43.1 Å². The summed E-state index contributed by atoms with van der Waals surface area (Å²) in [5.41, 5.74) is 5.51. The number of benzene rings is 1. The molecule has 3 heterocycles. The van der Waals surface area contributed by atoms with Crippen LogP contribution >= 0.6 is 0 Å². The summed E-state index contributed by atoms with van der Waals surface area (Å²) in [5, 5.41) is 6.07. The molecule has 1 aromatic carbocycles. The van der Waals surface area contributed by atoms with Crippen molar-refractivity contribution in [2.24, 2.45) is 7.05 Å². The quantitative estimate of drug-likeness (QED) is 0.712. The van der Waals surface area contributed by atoms with E-state index in [2.05, 4.69) is 41.9 Å². The third kappa shape index (κ3) is 2.86. The second-order valence-electron chi connectivity index (χ2n) is 7.60. The molecule has 136 valence electrons. The Hall–Kier alpha value is -2.40. The van der Waals surface area contributed by atoms with E-state index in [0.717, 1.165) is 48.3 Å². The van der Waals surface area contributed by atoms with Gasteiger partial charge in [-0.05, 0) is 76.2 Å². The van der Waals surface area contributed by atoms with E-state index in [4.69, 9.17) is 5.10 Å². The smallest absolute Gasteiger partial charge is 0.250 e. The number of hydrogen-bond donors (Lipinski definition) is 0. The molecular formula is C21H26N4O. The van der Waals surface area contributed by atoms with Crippen LogP contribution in [0.2, 0.25) is 0 Å². The van der Waals surface area contributed by atoms with Crippen molar-refractivity contribution in [1.82, 2.24) is 19.2 Å². The average Bonchev–Trinajstić information content (AvgIpc) is 3.05. The lowest BCUT2D eigenvalue weighted by Gasteiger charge is -2.28. The zero-order valence-electron chi connectivity index (χ0n) is 16.0. The van der Waals surface area contributed by atoms with Gasteiger partial charge in [0.1, 0.15) is 0 Å². The van der Waals surface area contributed by atoms with Gasteiger partial charge in [0.25, 0.3) is 0 Å². The lowest BCUT2D eigenvalue weighted by atomic mass is 10.00. The van der Waals surface area contributed by atoms with Crippen molar-refractivity contribution in [3.63, 3.8) is 0 Å². The first kappa shape index (κ1) is 17.0. The molecule has 0 saturated carbocycles. The molecule has 1 aliphatic heterocycles. The van der Waals surface area contributed by atoms with Crippen molar-refractivity contribution >= 4 is 10.9 Å². The zero-order chi connectivity index (χ0) is 18.4. The summed E-state index contributed by atoms with van der Waals surface area (Å²) in [6, 6.07) is 8.44. The Labute approximate surface area is 153 Å². The fraction of sp³-hybridized carbons (Fsp3) is 0.429. The van der Waals surface area contributed by atoms with Crippen molar-refractivity contribution in [3.05, 3.63) is 52.1 Å². The van der Waals surface area contributed by atoms with Gasteiger partial charge in [0, 0.05) is 36.0 Å². The first-order valence-corrected chi connectivity index (χ1v) is 9.29. The van der Waals surface area contributed by atoms with E-state index in [9.17, 15) is 4.79 Å². The van der Waals surface area contributed by atoms with Gasteiger partial charge in [-0.3, -0.25) is 9.48 Å². The summed E-state index contributed by atoms with van der Waals surface area (Å²) in [5.74, 6) is 0. The van der Waals surface area contributed by atoms with Gasteiger partial charge in [-0.2, -0.15) is 5.10 Å². The summed E-state index contributed by atoms with van der Waals surface area (Å²) < 4.78 is 3.87. The molecule has 0 amide bonds. The predicted molar refractivity (Wildman–Crippen MR) is 106 cm³/mol. The molecule has 1 saturated heterocycles. The molecule has 0 bridgehead atoms. The van der Waals surface area contributed by atoms with E-state index >= 15 is 0 Å². The number of rotatable bonds is 2. The van der Waals surface area contributed by atoms with Crippen molar-refractivity contribution in [1.29, 1.82) is 0 Å². The summed E-state index contributed by atoms with van der Waals surface area (Å²) in [7, 11) is 4.01. The summed E-state index contributed by atoms with van der Waals surface area (Å²) in [6.07, 6.45) is 4.49. The molecular weight excluding hydrogens is 324 g/mol. The van der Waals surface area contributed by atoms with Gasteiger partial charge in [0.2, 0.25) is 5.56 Å². The number of pyridine rings is 1. The van der Waals surface area contributed by atoms with Crippen LogP contribution in [0.15, 0.2) is 35.3 Å². The molecule has 1 aliphatic rings. The van der Waals surface area contributed by atoms with Crippen LogP contribution in [-0.2, 0) is 7.05 Å². The van der Waals surface area contributed by atoms with Crippen LogP contribution in [0.3, 0.4) is 0 Å². The molecule has 0 spiro atoms. The normalized spacial score (nSPS) is 16.5. The highest BCUT2D eigenvalue weighted by atomic mass is 16.1. The highest BCUT2D eigenvalue weighted by Gasteiger charge is 2.20. The Bertz CT molecular complexity index is 1020. The highest BCUT2D eigenvalue weighted by molar-refractivity contribution is 5.87. The van der Waals surface area contributed by atoms with E-state index in [1.54, 1.807) is 10.6 Å². The van der Waals surface area contributed by atoms with Gasteiger partial charge in [-0.1, -0.05) is 0 Å². The van der Waals surface area contributed by atoms with Gasteiger partial charge in [0.05, 0.1) is 11.6 Å². The SMILES string of the molecule is Cc1cc(-c2ccc(=O)n(C)c2C)cc2cn(C3CCN(C)CC3)nc12. The van der Waals surface area contributed by atoms with Crippen LogP contribution in [0.25, 0.3) is 22.0 Å². The summed E-state index contributed by atoms with van der Waals surface area (Å²) in [6.45, 7) is 6.37. The number of nitrogens with zero attached hydrogens (tertiary/aromatic N) is 4. The highest BCUT2D eigenvalue weighted by Crippen LogP contribution is 2.30. The number of likely N-dealkylation sites (tertiary alicyclic amines) is 1. The van der Waals surface area contributed by atoms with Gasteiger partial charge in [-0.25, -0.2) is 0 Å². The Morgan fingerprint density at radius 2 is 1.81 bits per heavy atom. The fourth-order valence-corrected chi connectivity index (χ4v) is 3.97. The fourth-order valence-electron chi connectivity index (χ4n) is 3.97. The maximum Gasteiger partial charge on any atom is 0.250 e. The minimum Gasteiger partial charge on any atom is -0.315 e. The molecule has 2 aromatic heterocycles. The first-order chi connectivity index (χ1) is 12.4. The van der Waals surface area contributed by atoms with Crippen molar-refractivity contribution in [2.45, 2.75) is 32.7 Å². The first-order valence-electron chi connectivity index (χ1n) is 9.29. The minimum atomic E-state index is 0.0270. The Kier molecular flexibility index (Phi) is 4.19. The molecule has 5 heteroatoms. The number of aryl methyl sites for hydroxylation is 1. The second-order valence-corrected chi connectivity index (χ2v) is 7.60. The lowest BCUT2D eigenvalue weighted by Crippen LogP contribution is -2.31. The molecule has 0 unspecified atom stereocenters. The second kappa shape index (κ2) is 6.40. The van der Waals surface area contributed by atoms with Gasteiger partial charge in [0.15, 0.2) is 0 Å². The maximum absolute atomic E-state index is 11.9. The Morgan fingerprint density at radius 3 is 2.54 bits per heavy atom. The van der Waals surface area contributed by atoms with Crippen molar-refractivity contribution < 1.29 is 0 Å².